The molecule has 2 heterocycles. The second-order valence-corrected chi connectivity index (χ2v) is 6.82. The van der Waals surface area contributed by atoms with Crippen molar-refractivity contribution in [3.63, 3.8) is 0 Å². The number of aliphatic carboxylic acids is 1. The van der Waals surface area contributed by atoms with Gasteiger partial charge in [-0.25, -0.2) is 4.79 Å². The number of amides is 1. The van der Waals surface area contributed by atoms with Crippen LogP contribution in [0.3, 0.4) is 0 Å². The number of nitrogens with one attached hydrogen (secondary N) is 1. The van der Waals surface area contributed by atoms with Crippen molar-refractivity contribution in [3.05, 3.63) is 66.1 Å². The van der Waals surface area contributed by atoms with Gasteiger partial charge in [0.1, 0.15) is 6.04 Å². The highest BCUT2D eigenvalue weighted by molar-refractivity contribution is 5.95. The van der Waals surface area contributed by atoms with Gasteiger partial charge in [-0.15, -0.1) is 6.58 Å². The van der Waals surface area contributed by atoms with Crippen LogP contribution >= 0.6 is 0 Å². The van der Waals surface area contributed by atoms with Crippen LogP contribution in [-0.2, 0) is 17.8 Å². The summed E-state index contributed by atoms with van der Waals surface area (Å²) in [4.78, 5) is 26.2. The fourth-order valence-electron chi connectivity index (χ4n) is 3.48. The molecule has 2 aromatic rings. The second-order valence-electron chi connectivity index (χ2n) is 6.82. The number of para-hydroxylation sites is 1. The lowest BCUT2D eigenvalue weighted by molar-refractivity contribution is -0.139. The van der Waals surface area contributed by atoms with Crippen molar-refractivity contribution in [2.24, 2.45) is 0 Å². The van der Waals surface area contributed by atoms with Crippen LogP contribution in [0.15, 0.2) is 53.7 Å². The van der Waals surface area contributed by atoms with Crippen LogP contribution in [0.2, 0.25) is 0 Å². The van der Waals surface area contributed by atoms with Crippen LogP contribution in [0.25, 0.3) is 0 Å². The van der Waals surface area contributed by atoms with Gasteiger partial charge >= 0.3 is 5.97 Å². The molecule has 2 unspecified atom stereocenters. The summed E-state index contributed by atoms with van der Waals surface area (Å²) in [7, 11) is 0. The number of carbonyl (C=O) groups is 2. The Labute approximate surface area is 158 Å². The van der Waals surface area contributed by atoms with Crippen LogP contribution in [0, 0.1) is 0 Å². The Bertz CT molecular complexity index is 842. The van der Waals surface area contributed by atoms with E-state index in [1.165, 1.54) is 11.8 Å². The van der Waals surface area contributed by atoms with Gasteiger partial charge in [-0.05, 0) is 43.9 Å². The molecule has 1 aliphatic rings. The monoisotopic (exact) mass is 368 g/mol. The molecule has 0 bridgehead atoms. The maximum absolute atomic E-state index is 12.6. The molecule has 0 radical (unpaired) electrons. The number of carboxylic acid groups (broad SMARTS) is 1. The van der Waals surface area contributed by atoms with Crippen LogP contribution in [0.5, 0.6) is 0 Å². The van der Waals surface area contributed by atoms with Gasteiger partial charge in [-0.1, -0.05) is 24.3 Å². The van der Waals surface area contributed by atoms with Gasteiger partial charge in [0.2, 0.25) is 0 Å². The predicted molar refractivity (Wildman–Crippen MR) is 103 cm³/mol. The molecular formula is C21H24N2O4. The van der Waals surface area contributed by atoms with E-state index < -0.39 is 17.9 Å². The summed E-state index contributed by atoms with van der Waals surface area (Å²) in [5.41, 5.74) is 3.19. The first-order chi connectivity index (χ1) is 13.0. The summed E-state index contributed by atoms with van der Waals surface area (Å²) >= 11 is 0. The van der Waals surface area contributed by atoms with Gasteiger partial charge in [0, 0.05) is 23.8 Å². The maximum Gasteiger partial charge on any atom is 0.326 e. The van der Waals surface area contributed by atoms with E-state index in [0.29, 0.717) is 19.0 Å². The van der Waals surface area contributed by atoms with E-state index in [9.17, 15) is 14.7 Å². The number of hydrogen-bond donors (Lipinski definition) is 2. The lowest BCUT2D eigenvalue weighted by Gasteiger charge is -2.24. The summed E-state index contributed by atoms with van der Waals surface area (Å²) in [5, 5.41) is 11.9. The smallest absolute Gasteiger partial charge is 0.326 e. The van der Waals surface area contributed by atoms with Crippen molar-refractivity contribution < 1.29 is 19.1 Å². The van der Waals surface area contributed by atoms with Crippen molar-refractivity contribution in [1.82, 2.24) is 5.32 Å². The Balaban J connectivity index is 1.75. The minimum Gasteiger partial charge on any atom is -0.480 e. The van der Waals surface area contributed by atoms with Gasteiger partial charge < -0.3 is 19.7 Å². The minimum atomic E-state index is -1.07. The summed E-state index contributed by atoms with van der Waals surface area (Å²) in [6, 6.07) is 9.33. The van der Waals surface area contributed by atoms with Crippen molar-refractivity contribution in [2.75, 3.05) is 4.90 Å². The summed E-state index contributed by atoms with van der Waals surface area (Å²) < 4.78 is 5.39. The molecule has 1 aromatic heterocycles. The van der Waals surface area contributed by atoms with Gasteiger partial charge in [0.15, 0.2) is 5.76 Å². The first-order valence-electron chi connectivity index (χ1n) is 9.06. The second kappa shape index (κ2) is 8.12. The third-order valence-corrected chi connectivity index (χ3v) is 4.91. The molecule has 0 saturated heterocycles. The highest BCUT2D eigenvalue weighted by Gasteiger charge is 2.28. The Kier molecular flexibility index (Phi) is 5.64. The Morgan fingerprint density at radius 1 is 1.41 bits per heavy atom. The van der Waals surface area contributed by atoms with Gasteiger partial charge in [0.25, 0.3) is 5.91 Å². The number of hydrogen-bond acceptors (Lipinski definition) is 4. The zero-order chi connectivity index (χ0) is 19.4. The average Bonchev–Trinajstić information content (AvgIpc) is 3.23. The van der Waals surface area contributed by atoms with E-state index in [1.807, 2.05) is 12.1 Å². The summed E-state index contributed by atoms with van der Waals surface area (Å²) in [6.07, 6.45) is 4.85. The molecule has 2 atom stereocenters. The van der Waals surface area contributed by atoms with Crippen molar-refractivity contribution in [1.29, 1.82) is 0 Å². The van der Waals surface area contributed by atoms with E-state index in [1.54, 1.807) is 12.1 Å². The first kappa shape index (κ1) is 18.8. The number of carbonyl (C=O) groups excluding carboxylic acids is 1. The molecule has 6 heteroatoms. The van der Waals surface area contributed by atoms with Crippen LogP contribution in [-0.4, -0.2) is 29.1 Å². The number of carboxylic acids is 1. The number of nitrogens with zero attached hydrogens (tertiary/aromatic N) is 1. The molecule has 3 rings (SSSR count). The fraction of sp³-hybridized carbons (Fsp3) is 0.333. The minimum absolute atomic E-state index is 0.163. The van der Waals surface area contributed by atoms with E-state index in [4.69, 9.17) is 4.42 Å². The lowest BCUT2D eigenvalue weighted by Crippen LogP contribution is -2.41. The van der Waals surface area contributed by atoms with E-state index >= 15 is 0 Å². The molecule has 27 heavy (non-hydrogen) atoms. The maximum atomic E-state index is 12.6. The number of fused-ring (bicyclic) bond motifs is 1. The molecule has 1 amide bonds. The van der Waals surface area contributed by atoms with Crippen LogP contribution in [0.1, 0.15) is 41.4 Å². The number of allylic oxidation sites excluding steroid dienone is 1. The molecule has 1 aromatic carbocycles. The Hall–Kier alpha value is -3.02. The van der Waals surface area contributed by atoms with Gasteiger partial charge in [-0.2, -0.15) is 0 Å². The topological polar surface area (TPSA) is 82.8 Å². The first-order valence-corrected chi connectivity index (χ1v) is 9.06. The normalized spacial score (nSPS) is 16.6. The van der Waals surface area contributed by atoms with E-state index in [2.05, 4.69) is 35.9 Å². The highest BCUT2D eigenvalue weighted by Crippen LogP contribution is 2.33. The quantitative estimate of drug-likeness (QED) is 0.698. The van der Waals surface area contributed by atoms with E-state index in [0.717, 1.165) is 17.7 Å². The zero-order valence-corrected chi connectivity index (χ0v) is 15.4. The number of benzene rings is 1. The molecule has 2 N–H and O–H groups in total. The number of anilines is 1. The largest absolute Gasteiger partial charge is 0.480 e. The third kappa shape index (κ3) is 4.05. The summed E-state index contributed by atoms with van der Waals surface area (Å²) in [6.45, 7) is 6.27. The predicted octanol–water partition coefficient (Wildman–Crippen LogP) is 3.38. The molecule has 1 aliphatic heterocycles. The standard InChI is InChI=1S/C21H24N2O4/c1-3-4-8-17(21(25)26)22-20(24)19-16(10-11-27-19)13-23-14(2)12-15-7-5-6-9-18(15)23/h3,5-7,9-11,14,17H,1,4,8,12-13H2,2H3,(H,22,24)(H,25,26). The molecule has 6 nitrogen and oxygen atoms in total. The summed E-state index contributed by atoms with van der Waals surface area (Å²) in [5.74, 6) is -1.41. The molecule has 0 fully saturated rings. The lowest BCUT2D eigenvalue weighted by atomic mass is 10.1. The van der Waals surface area contributed by atoms with Crippen LogP contribution < -0.4 is 10.2 Å². The van der Waals surface area contributed by atoms with Crippen LogP contribution in [0.4, 0.5) is 5.69 Å². The van der Waals surface area contributed by atoms with E-state index in [-0.39, 0.29) is 12.2 Å². The molecule has 0 aliphatic carbocycles. The van der Waals surface area contributed by atoms with Crippen molar-refractivity contribution >= 4 is 17.6 Å². The number of furan rings is 1. The molecule has 0 spiro atoms. The Morgan fingerprint density at radius 2 is 2.19 bits per heavy atom. The molecule has 142 valence electrons. The highest BCUT2D eigenvalue weighted by atomic mass is 16.4. The number of rotatable bonds is 8. The fourth-order valence-corrected chi connectivity index (χ4v) is 3.48. The SMILES string of the molecule is C=CCCC(NC(=O)c1occc1CN1c2ccccc2CC1C)C(=O)O. The van der Waals surface area contributed by atoms with Crippen molar-refractivity contribution in [2.45, 2.75) is 44.8 Å². The Morgan fingerprint density at radius 3 is 2.93 bits per heavy atom. The van der Waals surface area contributed by atoms with Crippen molar-refractivity contribution in [3.8, 4) is 0 Å². The molecule has 0 saturated carbocycles. The average molecular weight is 368 g/mol. The zero-order valence-electron chi connectivity index (χ0n) is 15.4. The van der Waals surface area contributed by atoms with Gasteiger partial charge in [-0.3, -0.25) is 4.79 Å². The molecular weight excluding hydrogens is 344 g/mol. The van der Waals surface area contributed by atoms with Gasteiger partial charge in [0.05, 0.1) is 6.26 Å². The third-order valence-electron chi connectivity index (χ3n) is 4.91.